The summed E-state index contributed by atoms with van der Waals surface area (Å²) in [6.07, 6.45) is 3.10. The van der Waals surface area contributed by atoms with E-state index in [1.54, 1.807) is 36.4 Å². The molecule has 0 bridgehead atoms. The Balaban J connectivity index is 1.63. The molecule has 3 rings (SSSR count). The molecule has 38 heavy (non-hydrogen) atoms. The van der Waals surface area contributed by atoms with Gasteiger partial charge in [-0.25, -0.2) is 5.43 Å². The van der Waals surface area contributed by atoms with E-state index in [0.717, 1.165) is 5.56 Å². The molecule has 2 amide bonds. The van der Waals surface area contributed by atoms with Gasteiger partial charge in [-0.15, -0.1) is 0 Å². The molecule has 0 fully saturated rings. The molecular weight excluding hydrogens is 601 g/mol. The fourth-order valence-electron chi connectivity index (χ4n) is 3.32. The summed E-state index contributed by atoms with van der Waals surface area (Å²) in [6, 6.07) is 15.8. The molecular formula is C28H28IN3O6. The Bertz CT molecular complexity index is 1340. The van der Waals surface area contributed by atoms with Crippen molar-refractivity contribution >= 4 is 46.3 Å². The Kier molecular flexibility index (Phi) is 10.5. The molecule has 0 radical (unpaired) electrons. The van der Waals surface area contributed by atoms with E-state index in [9.17, 15) is 9.59 Å². The fraction of sp³-hybridized carbons (Fsp3) is 0.179. The molecule has 0 unspecified atom stereocenters. The Morgan fingerprint density at radius 3 is 2.50 bits per heavy atom. The molecule has 3 aromatic rings. The molecule has 0 atom stereocenters. The number of carbonyl (C=O) groups excluding carboxylic acids is 2. The third kappa shape index (κ3) is 7.97. The summed E-state index contributed by atoms with van der Waals surface area (Å²) in [6.45, 7) is 5.69. The van der Waals surface area contributed by atoms with Crippen molar-refractivity contribution in [2.24, 2.45) is 5.10 Å². The molecule has 0 aliphatic heterocycles. The molecule has 10 heteroatoms. The molecule has 0 aromatic heterocycles. The van der Waals surface area contributed by atoms with Gasteiger partial charge in [0.15, 0.2) is 29.6 Å². The highest BCUT2D eigenvalue weighted by atomic mass is 127. The maximum atomic E-state index is 12.5. The average molecular weight is 629 g/mol. The summed E-state index contributed by atoms with van der Waals surface area (Å²) < 4.78 is 22.7. The summed E-state index contributed by atoms with van der Waals surface area (Å²) in [5, 5.41) is 6.85. The quantitative estimate of drug-likeness (QED) is 0.127. The van der Waals surface area contributed by atoms with Crippen molar-refractivity contribution in [3.8, 4) is 23.0 Å². The first kappa shape index (κ1) is 28.5. The minimum atomic E-state index is -0.420. The van der Waals surface area contributed by atoms with Crippen molar-refractivity contribution in [2.45, 2.75) is 6.92 Å². The molecule has 198 valence electrons. The van der Waals surface area contributed by atoms with Crippen molar-refractivity contribution < 1.29 is 28.5 Å². The minimum Gasteiger partial charge on any atom is -0.493 e. The van der Waals surface area contributed by atoms with Crippen LogP contribution in [0.4, 0.5) is 5.69 Å². The van der Waals surface area contributed by atoms with Gasteiger partial charge >= 0.3 is 0 Å². The van der Waals surface area contributed by atoms with Crippen LogP contribution in [0.15, 0.2) is 72.4 Å². The van der Waals surface area contributed by atoms with Gasteiger partial charge in [0, 0.05) is 11.3 Å². The second-order valence-electron chi connectivity index (χ2n) is 7.90. The van der Waals surface area contributed by atoms with Crippen LogP contribution in [0.25, 0.3) is 0 Å². The van der Waals surface area contributed by atoms with Gasteiger partial charge in [0.1, 0.15) is 6.61 Å². The van der Waals surface area contributed by atoms with Gasteiger partial charge in [0.25, 0.3) is 11.8 Å². The summed E-state index contributed by atoms with van der Waals surface area (Å²) >= 11 is 2.09. The second kappa shape index (κ2) is 14.0. The third-order valence-electron chi connectivity index (χ3n) is 5.06. The number of rotatable bonds is 12. The normalized spacial score (nSPS) is 10.5. The summed E-state index contributed by atoms with van der Waals surface area (Å²) in [4.78, 5) is 24.9. The van der Waals surface area contributed by atoms with Crippen molar-refractivity contribution in [3.63, 3.8) is 0 Å². The van der Waals surface area contributed by atoms with Crippen LogP contribution in [-0.4, -0.2) is 45.5 Å². The molecule has 0 saturated heterocycles. The van der Waals surface area contributed by atoms with E-state index in [1.807, 2.05) is 31.2 Å². The average Bonchev–Trinajstić information content (AvgIpc) is 2.90. The Morgan fingerprint density at radius 1 is 1.00 bits per heavy atom. The lowest BCUT2D eigenvalue weighted by Gasteiger charge is -2.13. The first-order chi connectivity index (χ1) is 18.3. The molecule has 3 aromatic carbocycles. The van der Waals surface area contributed by atoms with Crippen LogP contribution in [0.2, 0.25) is 0 Å². The van der Waals surface area contributed by atoms with Gasteiger partial charge in [-0.05, 0) is 83.1 Å². The number of nitrogens with one attached hydrogen (secondary N) is 2. The van der Waals surface area contributed by atoms with E-state index in [1.165, 1.54) is 20.4 Å². The van der Waals surface area contributed by atoms with Crippen LogP contribution in [-0.2, 0) is 4.79 Å². The monoisotopic (exact) mass is 629 g/mol. The smallest absolute Gasteiger partial charge is 0.271 e. The summed E-state index contributed by atoms with van der Waals surface area (Å²) in [5.74, 6) is 1.07. The highest BCUT2D eigenvalue weighted by Crippen LogP contribution is 2.33. The van der Waals surface area contributed by atoms with E-state index < -0.39 is 5.91 Å². The maximum Gasteiger partial charge on any atom is 0.271 e. The van der Waals surface area contributed by atoms with Gasteiger partial charge < -0.3 is 24.3 Å². The first-order valence-corrected chi connectivity index (χ1v) is 12.5. The number of carbonyl (C=O) groups is 2. The number of hydrogen-bond donors (Lipinski definition) is 2. The second-order valence-corrected chi connectivity index (χ2v) is 9.07. The molecule has 0 saturated carbocycles. The van der Waals surface area contributed by atoms with E-state index >= 15 is 0 Å². The van der Waals surface area contributed by atoms with E-state index in [-0.39, 0.29) is 12.5 Å². The van der Waals surface area contributed by atoms with Gasteiger partial charge in [-0.2, -0.15) is 5.10 Å². The summed E-state index contributed by atoms with van der Waals surface area (Å²) in [7, 11) is 3.00. The minimum absolute atomic E-state index is 0.190. The molecule has 0 spiro atoms. The standard InChI is InChI=1S/C28H28IN3O6/c1-5-11-37-23-10-9-20(15-24(23)35-3)28(34)32-30-16-19-13-22(29)27(25(14-19)36-4)38-17-26(33)31-21-8-6-7-18(2)12-21/h5-10,12-16H,1,11,17H2,2-4H3,(H,31,33)(H,32,34)/b30-16+. The highest BCUT2D eigenvalue weighted by Gasteiger charge is 2.14. The Hall–Kier alpha value is -4.06. The number of anilines is 1. The Morgan fingerprint density at radius 2 is 1.79 bits per heavy atom. The molecule has 2 N–H and O–H groups in total. The zero-order valence-corrected chi connectivity index (χ0v) is 23.4. The van der Waals surface area contributed by atoms with Crippen LogP contribution >= 0.6 is 22.6 Å². The van der Waals surface area contributed by atoms with Gasteiger partial charge in [0.05, 0.1) is 24.0 Å². The number of hydrogen-bond acceptors (Lipinski definition) is 7. The maximum absolute atomic E-state index is 12.5. The number of ether oxygens (including phenoxy) is 4. The van der Waals surface area contributed by atoms with E-state index in [2.05, 4.69) is 45.0 Å². The Labute approximate surface area is 235 Å². The van der Waals surface area contributed by atoms with Crippen LogP contribution in [0.3, 0.4) is 0 Å². The number of benzene rings is 3. The lowest BCUT2D eigenvalue weighted by Crippen LogP contribution is -2.20. The topological polar surface area (TPSA) is 107 Å². The molecule has 0 heterocycles. The fourth-order valence-corrected chi connectivity index (χ4v) is 4.10. The van der Waals surface area contributed by atoms with Crippen molar-refractivity contribution in [2.75, 3.05) is 32.8 Å². The third-order valence-corrected chi connectivity index (χ3v) is 5.86. The molecule has 0 aliphatic carbocycles. The number of amides is 2. The molecule has 9 nitrogen and oxygen atoms in total. The number of nitrogens with zero attached hydrogens (tertiary/aromatic N) is 1. The predicted octanol–water partition coefficient (Wildman–Crippen LogP) is 4.96. The lowest BCUT2D eigenvalue weighted by molar-refractivity contribution is -0.118. The lowest BCUT2D eigenvalue weighted by atomic mass is 10.2. The van der Waals surface area contributed by atoms with Crippen LogP contribution < -0.4 is 29.7 Å². The highest BCUT2D eigenvalue weighted by molar-refractivity contribution is 14.1. The van der Waals surface area contributed by atoms with Crippen molar-refractivity contribution in [1.82, 2.24) is 5.43 Å². The van der Waals surface area contributed by atoms with Gasteiger partial charge in [-0.1, -0.05) is 24.8 Å². The summed E-state index contributed by atoms with van der Waals surface area (Å²) in [5.41, 5.74) is 5.24. The van der Waals surface area contributed by atoms with Crippen LogP contribution in [0, 0.1) is 10.5 Å². The largest absolute Gasteiger partial charge is 0.493 e. The van der Waals surface area contributed by atoms with Crippen molar-refractivity contribution in [1.29, 1.82) is 0 Å². The van der Waals surface area contributed by atoms with E-state index in [0.29, 0.717) is 50.0 Å². The van der Waals surface area contributed by atoms with E-state index in [4.69, 9.17) is 18.9 Å². The predicted molar refractivity (Wildman–Crippen MR) is 155 cm³/mol. The van der Waals surface area contributed by atoms with Gasteiger partial charge in [-0.3, -0.25) is 9.59 Å². The van der Waals surface area contributed by atoms with Crippen molar-refractivity contribution in [3.05, 3.63) is 87.5 Å². The first-order valence-electron chi connectivity index (χ1n) is 11.5. The molecule has 0 aliphatic rings. The number of aryl methyl sites for hydroxylation is 1. The van der Waals surface area contributed by atoms with Gasteiger partial charge in [0.2, 0.25) is 0 Å². The SMILES string of the molecule is C=CCOc1ccc(C(=O)N/N=C/c2cc(I)c(OCC(=O)Nc3cccc(C)c3)c(OC)c2)cc1OC. The zero-order valence-electron chi connectivity index (χ0n) is 21.2. The number of hydrazone groups is 1. The number of methoxy groups -OCH3 is 2. The number of halogens is 1. The van der Waals surface area contributed by atoms with Crippen LogP contribution in [0.5, 0.6) is 23.0 Å². The van der Waals surface area contributed by atoms with Crippen LogP contribution in [0.1, 0.15) is 21.5 Å². The zero-order chi connectivity index (χ0) is 27.5.